The molecule has 21 heavy (non-hydrogen) atoms. The number of benzene rings is 1. The lowest BCUT2D eigenvalue weighted by atomic mass is 10.1. The van der Waals surface area contributed by atoms with E-state index in [1.165, 1.54) is 18.3 Å². The Labute approximate surface area is 125 Å². The Bertz CT molecular complexity index is 687. The van der Waals surface area contributed by atoms with Gasteiger partial charge in [0.15, 0.2) is 0 Å². The van der Waals surface area contributed by atoms with E-state index in [-0.39, 0.29) is 10.9 Å². The van der Waals surface area contributed by atoms with Crippen LogP contribution >= 0.6 is 0 Å². The third-order valence-electron chi connectivity index (χ3n) is 3.21. The molecule has 0 aliphatic heterocycles. The van der Waals surface area contributed by atoms with Crippen LogP contribution in [0.1, 0.15) is 24.9 Å². The molecule has 0 fully saturated rings. The van der Waals surface area contributed by atoms with Crippen molar-refractivity contribution in [3.05, 3.63) is 54.2 Å². The van der Waals surface area contributed by atoms with Crippen LogP contribution in [0.4, 0.5) is 5.82 Å². The highest BCUT2D eigenvalue weighted by Gasteiger charge is 2.20. The number of nitrogens with one attached hydrogen (secondary N) is 2. The summed E-state index contributed by atoms with van der Waals surface area (Å²) in [5, 5.41) is 2.84. The lowest BCUT2D eigenvalue weighted by Gasteiger charge is -2.17. The van der Waals surface area contributed by atoms with Gasteiger partial charge in [0, 0.05) is 25.4 Å². The molecule has 1 unspecified atom stereocenters. The SMILES string of the molecule is CCC(NS(=O)(=O)c1ccnc(NC)c1)c1ccccc1. The summed E-state index contributed by atoms with van der Waals surface area (Å²) in [5.41, 5.74) is 0.950. The van der Waals surface area contributed by atoms with Gasteiger partial charge in [-0.25, -0.2) is 18.1 Å². The van der Waals surface area contributed by atoms with Crippen molar-refractivity contribution in [3.8, 4) is 0 Å². The van der Waals surface area contributed by atoms with E-state index in [1.54, 1.807) is 7.05 Å². The number of aromatic nitrogens is 1. The molecule has 0 radical (unpaired) electrons. The maximum atomic E-state index is 12.5. The fraction of sp³-hybridized carbons (Fsp3) is 0.267. The van der Waals surface area contributed by atoms with E-state index in [0.717, 1.165) is 5.56 Å². The van der Waals surface area contributed by atoms with Crippen molar-refractivity contribution in [2.75, 3.05) is 12.4 Å². The van der Waals surface area contributed by atoms with Crippen LogP contribution in [0.5, 0.6) is 0 Å². The quantitative estimate of drug-likeness (QED) is 0.860. The standard InChI is InChI=1S/C15H19N3O2S/c1-3-14(12-7-5-4-6-8-12)18-21(19,20)13-9-10-17-15(11-13)16-2/h4-11,14,18H,3H2,1-2H3,(H,16,17). The first kappa shape index (κ1) is 15.5. The van der Waals surface area contributed by atoms with E-state index in [1.807, 2.05) is 37.3 Å². The molecule has 1 aromatic carbocycles. The van der Waals surface area contributed by atoms with Crippen molar-refractivity contribution in [3.63, 3.8) is 0 Å². The Balaban J connectivity index is 2.27. The number of nitrogens with zero attached hydrogens (tertiary/aromatic N) is 1. The second kappa shape index (κ2) is 6.69. The van der Waals surface area contributed by atoms with Crippen molar-refractivity contribution < 1.29 is 8.42 Å². The normalized spacial score (nSPS) is 12.9. The fourth-order valence-corrected chi connectivity index (χ4v) is 3.36. The Kier molecular flexibility index (Phi) is 4.93. The summed E-state index contributed by atoms with van der Waals surface area (Å²) in [4.78, 5) is 4.23. The van der Waals surface area contributed by atoms with E-state index in [9.17, 15) is 8.42 Å². The predicted molar refractivity (Wildman–Crippen MR) is 83.6 cm³/mol. The van der Waals surface area contributed by atoms with Crippen LogP contribution < -0.4 is 10.0 Å². The number of hydrogen-bond acceptors (Lipinski definition) is 4. The van der Waals surface area contributed by atoms with Crippen molar-refractivity contribution >= 4 is 15.8 Å². The minimum atomic E-state index is -3.58. The molecule has 0 aliphatic carbocycles. The van der Waals surface area contributed by atoms with Crippen molar-refractivity contribution in [2.24, 2.45) is 0 Å². The number of anilines is 1. The minimum Gasteiger partial charge on any atom is -0.373 e. The first-order valence-electron chi connectivity index (χ1n) is 6.78. The predicted octanol–water partition coefficient (Wildman–Crippen LogP) is 2.55. The number of hydrogen-bond donors (Lipinski definition) is 2. The lowest BCUT2D eigenvalue weighted by Crippen LogP contribution is -2.28. The molecule has 1 heterocycles. The Morgan fingerprint density at radius 2 is 1.90 bits per heavy atom. The third-order valence-corrected chi connectivity index (χ3v) is 4.67. The summed E-state index contributed by atoms with van der Waals surface area (Å²) < 4.78 is 27.7. The second-order valence-electron chi connectivity index (χ2n) is 4.62. The zero-order valence-corrected chi connectivity index (χ0v) is 12.9. The third kappa shape index (κ3) is 3.80. The summed E-state index contributed by atoms with van der Waals surface area (Å²) in [6.45, 7) is 1.95. The van der Waals surface area contributed by atoms with Crippen molar-refractivity contribution in [2.45, 2.75) is 24.3 Å². The highest BCUT2D eigenvalue weighted by Crippen LogP contribution is 2.20. The topological polar surface area (TPSA) is 71.1 Å². The smallest absolute Gasteiger partial charge is 0.241 e. The van der Waals surface area contributed by atoms with Crippen LogP contribution in [0, 0.1) is 0 Å². The Morgan fingerprint density at radius 1 is 1.19 bits per heavy atom. The number of pyridine rings is 1. The monoisotopic (exact) mass is 305 g/mol. The van der Waals surface area contributed by atoms with E-state index >= 15 is 0 Å². The molecule has 1 atom stereocenters. The van der Waals surface area contributed by atoms with Gasteiger partial charge < -0.3 is 5.32 Å². The lowest BCUT2D eigenvalue weighted by molar-refractivity contribution is 0.550. The maximum Gasteiger partial charge on any atom is 0.241 e. The van der Waals surface area contributed by atoms with Gasteiger partial charge in [0.1, 0.15) is 5.82 Å². The molecule has 0 bridgehead atoms. The first-order valence-corrected chi connectivity index (χ1v) is 8.26. The van der Waals surface area contributed by atoms with Crippen molar-refractivity contribution in [1.29, 1.82) is 0 Å². The first-order chi connectivity index (χ1) is 10.1. The molecule has 0 amide bonds. The number of sulfonamides is 1. The van der Waals surface area contributed by atoms with Gasteiger partial charge in [-0.1, -0.05) is 37.3 Å². The molecular formula is C15H19N3O2S. The zero-order chi connectivity index (χ0) is 15.3. The van der Waals surface area contributed by atoms with Crippen LogP contribution in [-0.4, -0.2) is 20.4 Å². The summed E-state index contributed by atoms with van der Waals surface area (Å²) in [7, 11) is -1.88. The molecular weight excluding hydrogens is 286 g/mol. The van der Waals surface area contributed by atoms with Crippen LogP contribution in [0.3, 0.4) is 0 Å². The maximum absolute atomic E-state index is 12.5. The molecule has 6 heteroatoms. The average Bonchev–Trinajstić information content (AvgIpc) is 2.53. The van der Waals surface area contributed by atoms with E-state index in [4.69, 9.17) is 0 Å². The molecule has 1 aromatic heterocycles. The van der Waals surface area contributed by atoms with E-state index in [0.29, 0.717) is 12.2 Å². The van der Waals surface area contributed by atoms with Gasteiger partial charge in [-0.2, -0.15) is 0 Å². The van der Waals surface area contributed by atoms with Gasteiger partial charge in [-0.15, -0.1) is 0 Å². The van der Waals surface area contributed by atoms with Crippen LogP contribution in [0.15, 0.2) is 53.6 Å². The van der Waals surface area contributed by atoms with Crippen molar-refractivity contribution in [1.82, 2.24) is 9.71 Å². The summed E-state index contributed by atoms with van der Waals surface area (Å²) in [5.74, 6) is 0.519. The summed E-state index contributed by atoms with van der Waals surface area (Å²) in [6, 6.07) is 12.3. The van der Waals surface area contributed by atoms with Gasteiger partial charge in [0.25, 0.3) is 0 Å². The van der Waals surface area contributed by atoms with Gasteiger partial charge in [0.05, 0.1) is 4.90 Å². The average molecular weight is 305 g/mol. The molecule has 2 aromatic rings. The highest BCUT2D eigenvalue weighted by atomic mass is 32.2. The number of rotatable bonds is 6. The summed E-state index contributed by atoms with van der Waals surface area (Å²) >= 11 is 0. The molecule has 112 valence electrons. The Morgan fingerprint density at radius 3 is 2.52 bits per heavy atom. The van der Waals surface area contributed by atoms with Gasteiger partial charge >= 0.3 is 0 Å². The van der Waals surface area contributed by atoms with Crippen LogP contribution in [0.25, 0.3) is 0 Å². The minimum absolute atomic E-state index is 0.205. The molecule has 0 aliphatic rings. The van der Waals surface area contributed by atoms with Gasteiger partial charge in [-0.05, 0) is 18.1 Å². The second-order valence-corrected chi connectivity index (χ2v) is 6.33. The van der Waals surface area contributed by atoms with Crippen LogP contribution in [-0.2, 0) is 10.0 Å². The molecule has 2 rings (SSSR count). The molecule has 2 N–H and O–H groups in total. The van der Waals surface area contributed by atoms with Crippen LogP contribution in [0.2, 0.25) is 0 Å². The Hall–Kier alpha value is -1.92. The molecule has 5 nitrogen and oxygen atoms in total. The van der Waals surface area contributed by atoms with E-state index < -0.39 is 10.0 Å². The fourth-order valence-electron chi connectivity index (χ4n) is 2.04. The van der Waals surface area contributed by atoms with Gasteiger partial charge in [-0.3, -0.25) is 0 Å². The largest absolute Gasteiger partial charge is 0.373 e. The van der Waals surface area contributed by atoms with E-state index in [2.05, 4.69) is 15.0 Å². The molecule has 0 saturated carbocycles. The molecule has 0 saturated heterocycles. The highest BCUT2D eigenvalue weighted by molar-refractivity contribution is 7.89. The van der Waals surface area contributed by atoms with Gasteiger partial charge in [0.2, 0.25) is 10.0 Å². The molecule has 0 spiro atoms. The zero-order valence-electron chi connectivity index (χ0n) is 12.1. The summed E-state index contributed by atoms with van der Waals surface area (Å²) in [6.07, 6.45) is 2.15.